The van der Waals surface area contributed by atoms with Crippen LogP contribution in [0.2, 0.25) is 5.02 Å². The molecule has 0 radical (unpaired) electrons. The Hall–Kier alpha value is -1.79. The first-order valence-electron chi connectivity index (χ1n) is 7.62. The quantitative estimate of drug-likeness (QED) is 0.685. The van der Waals surface area contributed by atoms with Crippen LogP contribution in [0.15, 0.2) is 48.5 Å². The number of benzene rings is 2. The number of halogens is 2. The molecule has 25 heavy (non-hydrogen) atoms. The van der Waals surface area contributed by atoms with E-state index in [1.165, 1.54) is 0 Å². The van der Waals surface area contributed by atoms with Crippen molar-refractivity contribution in [2.75, 3.05) is 26.9 Å². The zero-order chi connectivity index (χ0) is 17.4. The molecule has 0 spiro atoms. The van der Waals surface area contributed by atoms with Crippen LogP contribution in [-0.4, -0.2) is 32.8 Å². The largest absolute Gasteiger partial charge is 0.490 e. The van der Waals surface area contributed by atoms with Gasteiger partial charge in [-0.1, -0.05) is 41.9 Å². The SMILES string of the molecule is COCCOc1ccc(Cl)cc1C(=O)NCC(N)c1ccccc1.Cl. The van der Waals surface area contributed by atoms with Gasteiger partial charge in [-0.05, 0) is 23.8 Å². The molecule has 0 saturated heterocycles. The van der Waals surface area contributed by atoms with E-state index in [-0.39, 0.29) is 24.4 Å². The maximum atomic E-state index is 12.4. The molecule has 2 aromatic carbocycles. The molecule has 2 rings (SSSR count). The lowest BCUT2D eigenvalue weighted by Gasteiger charge is -2.15. The van der Waals surface area contributed by atoms with E-state index < -0.39 is 0 Å². The third-order valence-corrected chi connectivity index (χ3v) is 3.68. The summed E-state index contributed by atoms with van der Waals surface area (Å²) in [6.45, 7) is 1.09. The van der Waals surface area contributed by atoms with Gasteiger partial charge in [0.15, 0.2) is 0 Å². The van der Waals surface area contributed by atoms with E-state index in [0.29, 0.717) is 36.1 Å². The summed E-state index contributed by atoms with van der Waals surface area (Å²) in [4.78, 5) is 12.4. The van der Waals surface area contributed by atoms with Crippen LogP contribution in [0.3, 0.4) is 0 Å². The average Bonchev–Trinajstić information content (AvgIpc) is 2.61. The fourth-order valence-corrected chi connectivity index (χ4v) is 2.33. The van der Waals surface area contributed by atoms with Gasteiger partial charge in [0.1, 0.15) is 12.4 Å². The molecule has 0 fully saturated rings. The Morgan fingerprint density at radius 2 is 1.92 bits per heavy atom. The highest BCUT2D eigenvalue weighted by molar-refractivity contribution is 6.31. The van der Waals surface area contributed by atoms with Crippen LogP contribution >= 0.6 is 24.0 Å². The lowest BCUT2D eigenvalue weighted by molar-refractivity contribution is 0.0943. The first-order chi connectivity index (χ1) is 11.6. The predicted octanol–water partition coefficient (Wildman–Crippen LogP) is 3.22. The van der Waals surface area contributed by atoms with Gasteiger partial charge < -0.3 is 20.5 Å². The fraction of sp³-hybridized carbons (Fsp3) is 0.278. The summed E-state index contributed by atoms with van der Waals surface area (Å²) in [7, 11) is 1.59. The summed E-state index contributed by atoms with van der Waals surface area (Å²) in [6.07, 6.45) is 0. The van der Waals surface area contributed by atoms with Crippen molar-refractivity contribution in [2.24, 2.45) is 5.73 Å². The Bertz CT molecular complexity index is 669. The molecule has 0 aliphatic heterocycles. The van der Waals surface area contributed by atoms with Crippen molar-refractivity contribution in [3.63, 3.8) is 0 Å². The van der Waals surface area contributed by atoms with Crippen LogP contribution < -0.4 is 15.8 Å². The molecule has 136 valence electrons. The molecule has 5 nitrogen and oxygen atoms in total. The molecule has 0 heterocycles. The van der Waals surface area contributed by atoms with Crippen molar-refractivity contribution in [1.82, 2.24) is 5.32 Å². The molecule has 2 aromatic rings. The second kappa shape index (κ2) is 10.9. The second-order valence-corrected chi connectivity index (χ2v) is 5.65. The summed E-state index contributed by atoms with van der Waals surface area (Å²) < 4.78 is 10.5. The zero-order valence-electron chi connectivity index (χ0n) is 13.9. The lowest BCUT2D eigenvalue weighted by Crippen LogP contribution is -2.32. The van der Waals surface area contributed by atoms with Crippen molar-refractivity contribution >= 4 is 29.9 Å². The number of methoxy groups -OCH3 is 1. The van der Waals surface area contributed by atoms with Gasteiger partial charge in [-0.2, -0.15) is 0 Å². The average molecular weight is 385 g/mol. The summed E-state index contributed by atoms with van der Waals surface area (Å²) in [5.74, 6) is 0.179. The van der Waals surface area contributed by atoms with Crippen LogP contribution in [0.1, 0.15) is 22.0 Å². The second-order valence-electron chi connectivity index (χ2n) is 5.21. The highest BCUT2D eigenvalue weighted by Crippen LogP contribution is 2.23. The minimum Gasteiger partial charge on any atom is -0.490 e. The van der Waals surface area contributed by atoms with Crippen molar-refractivity contribution < 1.29 is 14.3 Å². The van der Waals surface area contributed by atoms with Gasteiger partial charge in [-0.3, -0.25) is 4.79 Å². The first-order valence-corrected chi connectivity index (χ1v) is 7.99. The van der Waals surface area contributed by atoms with E-state index in [1.54, 1.807) is 25.3 Å². The van der Waals surface area contributed by atoms with Crippen molar-refractivity contribution in [2.45, 2.75) is 6.04 Å². The van der Waals surface area contributed by atoms with E-state index in [1.807, 2.05) is 30.3 Å². The van der Waals surface area contributed by atoms with Gasteiger partial charge in [0.05, 0.1) is 12.2 Å². The summed E-state index contributed by atoms with van der Waals surface area (Å²) in [5, 5.41) is 3.29. The van der Waals surface area contributed by atoms with Gasteiger partial charge in [0, 0.05) is 24.7 Å². The minimum atomic E-state index is -0.285. The normalized spacial score (nSPS) is 11.3. The smallest absolute Gasteiger partial charge is 0.255 e. The van der Waals surface area contributed by atoms with Crippen molar-refractivity contribution in [3.05, 3.63) is 64.7 Å². The number of ether oxygens (including phenoxy) is 2. The number of hydrogen-bond donors (Lipinski definition) is 2. The summed E-state index contributed by atoms with van der Waals surface area (Å²) >= 11 is 6.00. The van der Waals surface area contributed by atoms with E-state index in [9.17, 15) is 4.79 Å². The topological polar surface area (TPSA) is 73.6 Å². The van der Waals surface area contributed by atoms with Crippen LogP contribution in [0.5, 0.6) is 5.75 Å². The maximum absolute atomic E-state index is 12.4. The van der Waals surface area contributed by atoms with E-state index in [4.69, 9.17) is 26.8 Å². The highest BCUT2D eigenvalue weighted by atomic mass is 35.5. The maximum Gasteiger partial charge on any atom is 0.255 e. The fourth-order valence-electron chi connectivity index (χ4n) is 2.16. The third kappa shape index (κ3) is 6.55. The number of carbonyl (C=O) groups is 1. The monoisotopic (exact) mass is 384 g/mol. The number of rotatable bonds is 8. The van der Waals surface area contributed by atoms with Gasteiger partial charge >= 0.3 is 0 Å². The van der Waals surface area contributed by atoms with Gasteiger partial charge in [0.2, 0.25) is 0 Å². The Morgan fingerprint density at radius 1 is 1.20 bits per heavy atom. The van der Waals surface area contributed by atoms with Crippen LogP contribution in [0.25, 0.3) is 0 Å². The Balaban J connectivity index is 0.00000312. The standard InChI is InChI=1S/C18H21ClN2O3.ClH/c1-23-9-10-24-17-8-7-14(19)11-15(17)18(22)21-12-16(20)13-5-3-2-4-6-13;/h2-8,11,16H,9-10,12,20H2,1H3,(H,21,22);1H. The molecule has 3 N–H and O–H groups in total. The predicted molar refractivity (Wildman–Crippen MR) is 102 cm³/mol. The van der Waals surface area contributed by atoms with Crippen LogP contribution in [0.4, 0.5) is 0 Å². The van der Waals surface area contributed by atoms with Crippen molar-refractivity contribution in [3.8, 4) is 5.75 Å². The molecule has 1 unspecified atom stereocenters. The molecule has 1 atom stereocenters. The Labute approximate surface area is 158 Å². The lowest BCUT2D eigenvalue weighted by atomic mass is 10.1. The molecule has 0 bridgehead atoms. The van der Waals surface area contributed by atoms with E-state index in [2.05, 4.69) is 5.32 Å². The molecule has 0 aliphatic rings. The molecule has 7 heteroatoms. The molecular formula is C18H22Cl2N2O3. The first kappa shape index (κ1) is 21.3. The number of nitrogens with one attached hydrogen (secondary N) is 1. The number of hydrogen-bond acceptors (Lipinski definition) is 4. The van der Waals surface area contributed by atoms with Gasteiger partial charge in [-0.25, -0.2) is 0 Å². The zero-order valence-corrected chi connectivity index (χ0v) is 15.5. The molecular weight excluding hydrogens is 363 g/mol. The van der Waals surface area contributed by atoms with Crippen LogP contribution in [-0.2, 0) is 4.74 Å². The molecule has 1 amide bonds. The van der Waals surface area contributed by atoms with Gasteiger partial charge in [0.25, 0.3) is 5.91 Å². The van der Waals surface area contributed by atoms with Crippen LogP contribution in [0, 0.1) is 0 Å². The van der Waals surface area contributed by atoms with Crippen molar-refractivity contribution in [1.29, 1.82) is 0 Å². The minimum absolute atomic E-state index is 0. The Kier molecular flexibility index (Phi) is 9.31. The number of amides is 1. The summed E-state index contributed by atoms with van der Waals surface area (Å²) in [6, 6.07) is 14.2. The number of carbonyl (C=O) groups excluding carboxylic acids is 1. The molecule has 0 aromatic heterocycles. The third-order valence-electron chi connectivity index (χ3n) is 3.44. The highest BCUT2D eigenvalue weighted by Gasteiger charge is 2.15. The Morgan fingerprint density at radius 3 is 2.60 bits per heavy atom. The van der Waals surface area contributed by atoms with E-state index in [0.717, 1.165) is 5.56 Å². The summed E-state index contributed by atoms with van der Waals surface area (Å²) in [5.41, 5.74) is 7.43. The molecule has 0 aliphatic carbocycles. The van der Waals surface area contributed by atoms with Gasteiger partial charge in [-0.15, -0.1) is 12.4 Å². The number of nitrogens with two attached hydrogens (primary N) is 1. The van der Waals surface area contributed by atoms with E-state index >= 15 is 0 Å². The molecule has 0 saturated carbocycles.